The summed E-state index contributed by atoms with van der Waals surface area (Å²) in [6, 6.07) is 5.75. The van der Waals surface area contributed by atoms with Gasteiger partial charge in [-0.3, -0.25) is 0 Å². The fourth-order valence-electron chi connectivity index (χ4n) is 3.30. The molecule has 1 aliphatic carbocycles. The van der Waals surface area contributed by atoms with Gasteiger partial charge < -0.3 is 9.84 Å². The van der Waals surface area contributed by atoms with Crippen molar-refractivity contribution in [2.75, 3.05) is 0 Å². The van der Waals surface area contributed by atoms with Crippen molar-refractivity contribution in [3.8, 4) is 5.75 Å². The van der Waals surface area contributed by atoms with Gasteiger partial charge >= 0.3 is 6.36 Å². The summed E-state index contributed by atoms with van der Waals surface area (Å²) in [4.78, 5) is 0. The molecule has 2 rings (SSSR count). The number of hydrogen-bond acceptors (Lipinski definition) is 2. The van der Waals surface area contributed by atoms with E-state index in [0.29, 0.717) is 12.8 Å². The van der Waals surface area contributed by atoms with E-state index in [1.54, 1.807) is 12.1 Å². The summed E-state index contributed by atoms with van der Waals surface area (Å²) in [6.45, 7) is 4.27. The second-order valence-electron chi connectivity index (χ2n) is 6.79. The Morgan fingerprint density at radius 1 is 1.14 bits per heavy atom. The molecule has 2 nitrogen and oxygen atoms in total. The standard InChI is InChI=1S/C16H21F3O2/c1-14(2)8-3-9-15(20,11-14)10-12-4-6-13(7-5-12)21-16(17,18)19/h4-7,20H,3,8-11H2,1-2H3. The molecule has 1 N–H and O–H groups in total. The molecule has 1 aromatic carbocycles. The molecule has 1 atom stereocenters. The smallest absolute Gasteiger partial charge is 0.406 e. The number of rotatable bonds is 3. The lowest BCUT2D eigenvalue weighted by atomic mass is 9.68. The van der Waals surface area contributed by atoms with E-state index in [-0.39, 0.29) is 11.2 Å². The van der Waals surface area contributed by atoms with Crippen LogP contribution in [0.4, 0.5) is 13.2 Å². The fourth-order valence-corrected chi connectivity index (χ4v) is 3.30. The van der Waals surface area contributed by atoms with Crippen LogP contribution in [0.5, 0.6) is 5.75 Å². The van der Waals surface area contributed by atoms with Crippen LogP contribution in [-0.2, 0) is 6.42 Å². The van der Waals surface area contributed by atoms with Crippen molar-refractivity contribution >= 4 is 0 Å². The van der Waals surface area contributed by atoms with E-state index in [1.807, 2.05) is 0 Å². The first-order chi connectivity index (χ1) is 9.57. The molecule has 0 spiro atoms. The Hall–Kier alpha value is -1.23. The highest BCUT2D eigenvalue weighted by atomic mass is 19.4. The van der Waals surface area contributed by atoms with Gasteiger partial charge in [0.25, 0.3) is 0 Å². The SMILES string of the molecule is CC1(C)CCCC(O)(Cc2ccc(OC(F)(F)F)cc2)C1. The zero-order valence-corrected chi connectivity index (χ0v) is 12.3. The molecule has 0 bridgehead atoms. The number of hydrogen-bond donors (Lipinski definition) is 1. The maximum absolute atomic E-state index is 12.1. The lowest BCUT2D eigenvalue weighted by Crippen LogP contribution is -2.40. The second-order valence-corrected chi connectivity index (χ2v) is 6.79. The Labute approximate surface area is 122 Å². The van der Waals surface area contributed by atoms with Crippen LogP contribution in [0.3, 0.4) is 0 Å². The van der Waals surface area contributed by atoms with Gasteiger partial charge in [0.1, 0.15) is 5.75 Å². The van der Waals surface area contributed by atoms with Crippen molar-refractivity contribution < 1.29 is 23.0 Å². The summed E-state index contributed by atoms with van der Waals surface area (Å²) in [6.07, 6.45) is -0.708. The van der Waals surface area contributed by atoms with Crippen LogP contribution >= 0.6 is 0 Å². The topological polar surface area (TPSA) is 29.5 Å². The van der Waals surface area contributed by atoms with Crippen molar-refractivity contribution in [2.45, 2.75) is 57.9 Å². The highest BCUT2D eigenvalue weighted by molar-refractivity contribution is 5.28. The summed E-state index contributed by atoms with van der Waals surface area (Å²) in [5.74, 6) is -0.234. The van der Waals surface area contributed by atoms with Gasteiger partial charge in [-0.15, -0.1) is 13.2 Å². The molecule has 1 fully saturated rings. The summed E-state index contributed by atoms with van der Waals surface area (Å²) >= 11 is 0. The van der Waals surface area contributed by atoms with Gasteiger partial charge in [-0.2, -0.15) is 0 Å². The first-order valence-corrected chi connectivity index (χ1v) is 7.14. The van der Waals surface area contributed by atoms with Gasteiger partial charge in [-0.05, 0) is 42.4 Å². The molecule has 0 amide bonds. The number of alkyl halides is 3. The predicted octanol–water partition coefficient (Wildman–Crippen LogP) is 4.46. The van der Waals surface area contributed by atoms with Gasteiger partial charge in [0.2, 0.25) is 0 Å². The van der Waals surface area contributed by atoms with E-state index in [9.17, 15) is 18.3 Å². The predicted molar refractivity (Wildman–Crippen MR) is 74.0 cm³/mol. The number of halogens is 3. The minimum atomic E-state index is -4.67. The van der Waals surface area contributed by atoms with E-state index in [0.717, 1.165) is 24.8 Å². The lowest BCUT2D eigenvalue weighted by Gasteiger charge is -2.41. The van der Waals surface area contributed by atoms with Crippen LogP contribution in [0.2, 0.25) is 0 Å². The van der Waals surface area contributed by atoms with E-state index >= 15 is 0 Å². The van der Waals surface area contributed by atoms with E-state index in [1.165, 1.54) is 12.1 Å². The van der Waals surface area contributed by atoms with Crippen LogP contribution in [0.1, 0.15) is 45.1 Å². The summed E-state index contributed by atoms with van der Waals surface area (Å²) in [5, 5.41) is 10.7. The molecule has 0 heterocycles. The zero-order chi connectivity index (χ0) is 15.7. The zero-order valence-electron chi connectivity index (χ0n) is 12.3. The Morgan fingerprint density at radius 3 is 2.29 bits per heavy atom. The van der Waals surface area contributed by atoms with Gasteiger partial charge in [0.15, 0.2) is 0 Å². The molecule has 0 radical (unpaired) electrons. The van der Waals surface area contributed by atoms with E-state index in [2.05, 4.69) is 18.6 Å². The minimum Gasteiger partial charge on any atom is -0.406 e. The third kappa shape index (κ3) is 4.92. The van der Waals surface area contributed by atoms with Crippen molar-refractivity contribution in [3.05, 3.63) is 29.8 Å². The van der Waals surface area contributed by atoms with Crippen molar-refractivity contribution in [3.63, 3.8) is 0 Å². The summed E-state index contributed by atoms with van der Waals surface area (Å²) < 4.78 is 40.1. The van der Waals surface area contributed by atoms with E-state index < -0.39 is 12.0 Å². The Morgan fingerprint density at radius 2 is 1.76 bits per heavy atom. The average Bonchev–Trinajstić information content (AvgIpc) is 2.27. The number of aliphatic hydroxyl groups is 1. The molecule has 0 aromatic heterocycles. The average molecular weight is 302 g/mol. The third-order valence-electron chi connectivity index (χ3n) is 3.99. The molecule has 1 aromatic rings. The molecule has 1 saturated carbocycles. The largest absolute Gasteiger partial charge is 0.573 e. The first kappa shape index (κ1) is 16.1. The number of ether oxygens (including phenoxy) is 1. The molecule has 0 saturated heterocycles. The molecular formula is C16H21F3O2. The van der Waals surface area contributed by atoms with Crippen LogP contribution in [-0.4, -0.2) is 17.1 Å². The summed E-state index contributed by atoms with van der Waals surface area (Å²) in [7, 11) is 0. The molecule has 1 unspecified atom stereocenters. The van der Waals surface area contributed by atoms with Gasteiger partial charge in [-0.25, -0.2) is 0 Å². The minimum absolute atomic E-state index is 0.104. The maximum atomic E-state index is 12.1. The molecule has 5 heteroatoms. The molecule has 0 aliphatic heterocycles. The molecule has 118 valence electrons. The molecule has 1 aliphatic rings. The third-order valence-corrected chi connectivity index (χ3v) is 3.99. The van der Waals surface area contributed by atoms with Gasteiger partial charge in [0, 0.05) is 6.42 Å². The molecule has 21 heavy (non-hydrogen) atoms. The Kier molecular flexibility index (Phi) is 4.24. The van der Waals surface area contributed by atoms with Crippen LogP contribution < -0.4 is 4.74 Å². The molecular weight excluding hydrogens is 281 g/mol. The van der Waals surface area contributed by atoms with Crippen LogP contribution in [0.15, 0.2) is 24.3 Å². The fraction of sp³-hybridized carbons (Fsp3) is 0.625. The number of benzene rings is 1. The highest BCUT2D eigenvalue weighted by Crippen LogP contribution is 2.42. The lowest BCUT2D eigenvalue weighted by molar-refractivity contribution is -0.274. The first-order valence-electron chi connectivity index (χ1n) is 7.14. The van der Waals surface area contributed by atoms with Crippen LogP contribution in [0.25, 0.3) is 0 Å². The van der Waals surface area contributed by atoms with Gasteiger partial charge in [0.05, 0.1) is 5.60 Å². The summed E-state index contributed by atoms with van der Waals surface area (Å²) in [5.41, 5.74) is 0.158. The monoisotopic (exact) mass is 302 g/mol. The van der Waals surface area contributed by atoms with Crippen LogP contribution in [0, 0.1) is 5.41 Å². The van der Waals surface area contributed by atoms with E-state index in [4.69, 9.17) is 0 Å². The normalized spacial score (nSPS) is 25.6. The van der Waals surface area contributed by atoms with Crippen molar-refractivity contribution in [1.29, 1.82) is 0 Å². The Bertz CT molecular complexity index is 479. The second kappa shape index (κ2) is 5.52. The van der Waals surface area contributed by atoms with Crippen molar-refractivity contribution in [1.82, 2.24) is 0 Å². The quantitative estimate of drug-likeness (QED) is 0.893. The highest BCUT2D eigenvalue weighted by Gasteiger charge is 2.38. The van der Waals surface area contributed by atoms with Gasteiger partial charge in [-0.1, -0.05) is 32.4 Å². The maximum Gasteiger partial charge on any atom is 0.573 e. The van der Waals surface area contributed by atoms with Crippen molar-refractivity contribution in [2.24, 2.45) is 5.41 Å². The Balaban J connectivity index is 2.03.